The average molecular weight is 279 g/mol. The van der Waals surface area contributed by atoms with E-state index in [0.717, 1.165) is 5.69 Å². The van der Waals surface area contributed by atoms with E-state index in [4.69, 9.17) is 4.74 Å². The van der Waals surface area contributed by atoms with Gasteiger partial charge in [0, 0.05) is 31.9 Å². The lowest BCUT2D eigenvalue weighted by Gasteiger charge is -2.29. The minimum Gasteiger partial charge on any atom is -0.378 e. The normalized spacial score (nSPS) is 16.6. The zero-order valence-corrected chi connectivity index (χ0v) is 12.1. The van der Waals surface area contributed by atoms with Crippen LogP contribution >= 0.6 is 0 Å². The van der Waals surface area contributed by atoms with E-state index in [1.54, 1.807) is 7.05 Å². The Bertz CT molecular complexity index is 474. The Kier molecular flexibility index (Phi) is 4.73. The molecule has 1 aliphatic rings. The highest BCUT2D eigenvalue weighted by atomic mass is 16.5. The minimum absolute atomic E-state index is 0.0653. The van der Waals surface area contributed by atoms with Gasteiger partial charge in [0.05, 0.1) is 13.2 Å². The maximum Gasteiger partial charge on any atom is 0.244 e. The molecule has 1 fully saturated rings. The molecule has 0 bridgehead atoms. The number of anilines is 2. The number of nitrogens with zero attached hydrogens (tertiary/aromatic N) is 3. The van der Waals surface area contributed by atoms with E-state index >= 15 is 0 Å². The van der Waals surface area contributed by atoms with Crippen LogP contribution in [-0.4, -0.2) is 60.2 Å². The Morgan fingerprint density at radius 3 is 2.75 bits per heavy atom. The molecule has 1 aliphatic heterocycles. The summed E-state index contributed by atoms with van der Waals surface area (Å²) in [6.45, 7) is 6.24. The van der Waals surface area contributed by atoms with Crippen molar-refractivity contribution in [3.63, 3.8) is 0 Å². The Balaban J connectivity index is 2.01. The summed E-state index contributed by atoms with van der Waals surface area (Å²) in [4.78, 5) is 22.6. The number of hydrogen-bond acceptors (Lipinski definition) is 6. The van der Waals surface area contributed by atoms with Crippen LogP contribution in [0.2, 0.25) is 0 Å². The molecule has 2 rings (SSSR count). The summed E-state index contributed by atoms with van der Waals surface area (Å²) in [7, 11) is 1.76. The van der Waals surface area contributed by atoms with Crippen LogP contribution in [0.3, 0.4) is 0 Å². The maximum absolute atomic E-state index is 12.3. The first-order valence-corrected chi connectivity index (χ1v) is 6.76. The molecule has 2 N–H and O–H groups in total. The van der Waals surface area contributed by atoms with Crippen molar-refractivity contribution in [2.45, 2.75) is 19.9 Å². The Morgan fingerprint density at radius 2 is 2.10 bits per heavy atom. The summed E-state index contributed by atoms with van der Waals surface area (Å²) >= 11 is 0. The van der Waals surface area contributed by atoms with Crippen LogP contribution in [0, 0.1) is 6.92 Å². The predicted octanol–water partition coefficient (Wildman–Crippen LogP) is 0.486. The van der Waals surface area contributed by atoms with Gasteiger partial charge < -0.3 is 20.3 Å². The van der Waals surface area contributed by atoms with Crippen molar-refractivity contribution in [1.82, 2.24) is 14.9 Å². The number of nitrogens with one attached hydrogen (secondary N) is 2. The van der Waals surface area contributed by atoms with Gasteiger partial charge in [-0.15, -0.1) is 0 Å². The number of ether oxygens (including phenoxy) is 1. The second-order valence-corrected chi connectivity index (χ2v) is 4.77. The quantitative estimate of drug-likeness (QED) is 0.835. The van der Waals surface area contributed by atoms with Crippen LogP contribution in [-0.2, 0) is 9.53 Å². The van der Waals surface area contributed by atoms with Crippen molar-refractivity contribution in [2.24, 2.45) is 0 Å². The molecule has 0 spiro atoms. The second-order valence-electron chi connectivity index (χ2n) is 4.77. The standard InChI is InChI=1S/C13H21N5O2/c1-9-8-11(17-13(14-3)15-9)16-10(2)12(19)18-4-6-20-7-5-18/h8,10H,4-7H2,1-3H3,(H2,14,15,16,17). The van der Waals surface area contributed by atoms with Crippen molar-refractivity contribution in [3.8, 4) is 0 Å². The Labute approximate surface area is 118 Å². The van der Waals surface area contributed by atoms with Gasteiger partial charge in [-0.2, -0.15) is 4.98 Å². The lowest BCUT2D eigenvalue weighted by atomic mass is 10.2. The fourth-order valence-electron chi connectivity index (χ4n) is 2.10. The third-order valence-electron chi connectivity index (χ3n) is 3.14. The first kappa shape index (κ1) is 14.5. The second kappa shape index (κ2) is 6.51. The molecule has 1 unspecified atom stereocenters. The van der Waals surface area contributed by atoms with E-state index < -0.39 is 0 Å². The molecule has 2 heterocycles. The molecule has 7 nitrogen and oxygen atoms in total. The van der Waals surface area contributed by atoms with Gasteiger partial charge in [-0.1, -0.05) is 0 Å². The van der Waals surface area contributed by atoms with Crippen LogP contribution in [0.15, 0.2) is 6.07 Å². The molecule has 1 atom stereocenters. The SMILES string of the molecule is CNc1nc(C)cc(NC(C)C(=O)N2CCOCC2)n1. The highest BCUT2D eigenvalue weighted by Gasteiger charge is 2.22. The first-order valence-electron chi connectivity index (χ1n) is 6.76. The Morgan fingerprint density at radius 1 is 1.40 bits per heavy atom. The fraction of sp³-hybridized carbons (Fsp3) is 0.615. The average Bonchev–Trinajstić information content (AvgIpc) is 2.46. The number of amides is 1. The smallest absolute Gasteiger partial charge is 0.244 e. The predicted molar refractivity (Wildman–Crippen MR) is 76.8 cm³/mol. The van der Waals surface area contributed by atoms with Gasteiger partial charge in [0.1, 0.15) is 11.9 Å². The van der Waals surface area contributed by atoms with Gasteiger partial charge in [-0.05, 0) is 13.8 Å². The Hall–Kier alpha value is -1.89. The lowest BCUT2D eigenvalue weighted by molar-refractivity contribution is -0.135. The molecular formula is C13H21N5O2. The topological polar surface area (TPSA) is 79.4 Å². The maximum atomic E-state index is 12.3. The van der Waals surface area contributed by atoms with Gasteiger partial charge >= 0.3 is 0 Å². The highest BCUT2D eigenvalue weighted by molar-refractivity contribution is 5.84. The van der Waals surface area contributed by atoms with Crippen molar-refractivity contribution in [2.75, 3.05) is 44.0 Å². The van der Waals surface area contributed by atoms with Gasteiger partial charge in [-0.25, -0.2) is 4.98 Å². The molecule has 7 heteroatoms. The molecular weight excluding hydrogens is 258 g/mol. The van der Waals surface area contributed by atoms with Crippen molar-refractivity contribution in [3.05, 3.63) is 11.8 Å². The van der Waals surface area contributed by atoms with Crippen LogP contribution in [0.1, 0.15) is 12.6 Å². The van der Waals surface area contributed by atoms with E-state index in [0.29, 0.717) is 38.1 Å². The summed E-state index contributed by atoms with van der Waals surface area (Å²) in [5.74, 6) is 1.25. The number of carbonyl (C=O) groups excluding carboxylic acids is 1. The number of rotatable bonds is 4. The number of morpholine rings is 1. The molecule has 20 heavy (non-hydrogen) atoms. The molecule has 110 valence electrons. The van der Waals surface area contributed by atoms with Crippen LogP contribution in [0.4, 0.5) is 11.8 Å². The number of aromatic nitrogens is 2. The zero-order chi connectivity index (χ0) is 14.5. The summed E-state index contributed by atoms with van der Waals surface area (Å²) in [6, 6.07) is 1.50. The van der Waals surface area contributed by atoms with E-state index in [-0.39, 0.29) is 11.9 Å². The molecule has 1 amide bonds. The molecule has 1 saturated heterocycles. The van der Waals surface area contributed by atoms with E-state index in [1.807, 2.05) is 24.8 Å². The van der Waals surface area contributed by atoms with Gasteiger partial charge in [0.25, 0.3) is 0 Å². The molecule has 1 aromatic heterocycles. The molecule has 0 aromatic carbocycles. The van der Waals surface area contributed by atoms with Gasteiger partial charge in [-0.3, -0.25) is 4.79 Å². The van der Waals surface area contributed by atoms with E-state index in [2.05, 4.69) is 20.6 Å². The monoisotopic (exact) mass is 279 g/mol. The van der Waals surface area contributed by atoms with Crippen molar-refractivity contribution < 1.29 is 9.53 Å². The molecule has 0 aliphatic carbocycles. The van der Waals surface area contributed by atoms with Gasteiger partial charge in [0.2, 0.25) is 11.9 Å². The largest absolute Gasteiger partial charge is 0.378 e. The fourth-order valence-corrected chi connectivity index (χ4v) is 2.10. The molecule has 0 radical (unpaired) electrons. The van der Waals surface area contributed by atoms with Crippen molar-refractivity contribution in [1.29, 1.82) is 0 Å². The molecule has 1 aromatic rings. The summed E-state index contributed by atoms with van der Waals surface area (Å²) in [6.07, 6.45) is 0. The number of hydrogen-bond donors (Lipinski definition) is 2. The van der Waals surface area contributed by atoms with E-state index in [1.165, 1.54) is 0 Å². The van der Waals surface area contributed by atoms with E-state index in [9.17, 15) is 4.79 Å². The summed E-state index contributed by atoms with van der Waals surface area (Å²) in [5.41, 5.74) is 0.845. The number of aryl methyl sites for hydroxylation is 1. The van der Waals surface area contributed by atoms with Gasteiger partial charge in [0.15, 0.2) is 0 Å². The number of carbonyl (C=O) groups is 1. The highest BCUT2D eigenvalue weighted by Crippen LogP contribution is 2.11. The third-order valence-corrected chi connectivity index (χ3v) is 3.14. The summed E-state index contributed by atoms with van der Waals surface area (Å²) in [5, 5.41) is 6.03. The summed E-state index contributed by atoms with van der Waals surface area (Å²) < 4.78 is 5.25. The third kappa shape index (κ3) is 3.57. The first-order chi connectivity index (χ1) is 9.60. The minimum atomic E-state index is -0.327. The zero-order valence-electron chi connectivity index (χ0n) is 12.1. The van der Waals surface area contributed by atoms with Crippen LogP contribution in [0.5, 0.6) is 0 Å². The van der Waals surface area contributed by atoms with Crippen LogP contribution < -0.4 is 10.6 Å². The van der Waals surface area contributed by atoms with Crippen LogP contribution in [0.25, 0.3) is 0 Å². The molecule has 0 saturated carbocycles. The lowest BCUT2D eigenvalue weighted by Crippen LogP contribution is -2.47. The van der Waals surface area contributed by atoms with Crippen molar-refractivity contribution >= 4 is 17.7 Å².